The number of rotatable bonds is 7. The molecule has 206 valence electrons. The molecular formula is C28H37FN4O4S. The number of benzene rings is 2. The van der Waals surface area contributed by atoms with E-state index in [1.807, 2.05) is 42.2 Å². The summed E-state index contributed by atoms with van der Waals surface area (Å²) in [5, 5.41) is 2.21. The van der Waals surface area contributed by atoms with E-state index >= 15 is 4.39 Å². The molecule has 2 saturated heterocycles. The van der Waals surface area contributed by atoms with E-state index in [2.05, 4.69) is 5.32 Å². The van der Waals surface area contributed by atoms with Crippen LogP contribution in [-0.2, 0) is 19.6 Å². The highest BCUT2D eigenvalue weighted by Gasteiger charge is 2.40. The van der Waals surface area contributed by atoms with Gasteiger partial charge in [-0.3, -0.25) is 9.59 Å². The second kappa shape index (κ2) is 11.8. The average Bonchev–Trinajstić information content (AvgIpc) is 2.91. The number of anilines is 1. The summed E-state index contributed by atoms with van der Waals surface area (Å²) in [6, 6.07) is 12.7. The third-order valence-corrected chi connectivity index (χ3v) is 9.95. The van der Waals surface area contributed by atoms with Gasteiger partial charge in [0, 0.05) is 56.9 Å². The van der Waals surface area contributed by atoms with Crippen molar-refractivity contribution in [2.24, 2.45) is 0 Å². The number of nitrogens with zero attached hydrogens (tertiary/aromatic N) is 3. The quantitative estimate of drug-likeness (QED) is 0.575. The average molecular weight is 545 g/mol. The third kappa shape index (κ3) is 5.71. The third-order valence-electron chi connectivity index (χ3n) is 7.57. The molecule has 0 saturated carbocycles. The molecule has 2 amide bonds. The van der Waals surface area contributed by atoms with E-state index in [9.17, 15) is 18.0 Å². The Morgan fingerprint density at radius 1 is 1.11 bits per heavy atom. The largest absolute Gasteiger partial charge is 0.367 e. The van der Waals surface area contributed by atoms with Crippen LogP contribution >= 0.6 is 0 Å². The van der Waals surface area contributed by atoms with Crippen molar-refractivity contribution in [2.45, 2.75) is 57.4 Å². The van der Waals surface area contributed by atoms with E-state index in [-0.39, 0.29) is 18.4 Å². The Morgan fingerprint density at radius 3 is 2.50 bits per heavy atom. The Bertz CT molecular complexity index is 1260. The fourth-order valence-corrected chi connectivity index (χ4v) is 7.71. The summed E-state index contributed by atoms with van der Waals surface area (Å²) < 4.78 is 44.0. The predicted octanol–water partition coefficient (Wildman–Crippen LogP) is 3.62. The lowest BCUT2D eigenvalue weighted by molar-refractivity contribution is -0.139. The smallest absolute Gasteiger partial charge is 0.244 e. The molecule has 4 rings (SSSR count). The van der Waals surface area contributed by atoms with Crippen LogP contribution in [0.5, 0.6) is 0 Å². The Labute approximate surface area is 224 Å². The Balaban J connectivity index is 1.54. The van der Waals surface area contributed by atoms with E-state index in [0.717, 1.165) is 12.0 Å². The topological polar surface area (TPSA) is 90.0 Å². The van der Waals surface area contributed by atoms with Gasteiger partial charge in [-0.1, -0.05) is 43.3 Å². The maximum atomic E-state index is 15.5. The zero-order valence-corrected chi connectivity index (χ0v) is 23.1. The number of amides is 2. The number of halogens is 1. The number of piperazine rings is 1. The number of sulfonamides is 1. The van der Waals surface area contributed by atoms with Crippen molar-refractivity contribution in [1.82, 2.24) is 14.5 Å². The molecule has 0 radical (unpaired) electrons. The first-order chi connectivity index (χ1) is 18.1. The molecule has 2 fully saturated rings. The highest BCUT2D eigenvalue weighted by Crippen LogP contribution is 2.39. The number of carbonyl (C=O) groups excluding carboxylic acids is 2. The van der Waals surface area contributed by atoms with E-state index in [1.54, 1.807) is 24.0 Å². The van der Waals surface area contributed by atoms with Crippen molar-refractivity contribution in [2.75, 3.05) is 37.6 Å². The summed E-state index contributed by atoms with van der Waals surface area (Å²) in [5.41, 5.74) is 1.66. The van der Waals surface area contributed by atoms with Gasteiger partial charge in [0.1, 0.15) is 17.1 Å². The molecule has 0 aliphatic carbocycles. The number of carbonyl (C=O) groups is 2. The van der Waals surface area contributed by atoms with Crippen LogP contribution in [-0.4, -0.2) is 68.2 Å². The lowest BCUT2D eigenvalue weighted by Crippen LogP contribution is -2.60. The summed E-state index contributed by atoms with van der Waals surface area (Å²) in [7, 11) is -3.68. The first-order valence-corrected chi connectivity index (χ1v) is 14.8. The molecule has 10 heteroatoms. The number of hydrogen-bond donors (Lipinski definition) is 1. The molecule has 8 nitrogen and oxygen atoms in total. The summed E-state index contributed by atoms with van der Waals surface area (Å²) in [6.07, 6.45) is 2.02. The summed E-state index contributed by atoms with van der Waals surface area (Å²) in [5.74, 6) is -0.887. The van der Waals surface area contributed by atoms with Gasteiger partial charge in [-0.05, 0) is 43.9 Å². The van der Waals surface area contributed by atoms with E-state index in [4.69, 9.17) is 0 Å². The van der Waals surface area contributed by atoms with Crippen molar-refractivity contribution < 1.29 is 22.4 Å². The standard InChI is InChI=1S/C28H37FN4O4S/c1-4-14-30-28(35)26-19-31(16-17-32(26)21(3)34)23-12-13-24(25(29)18-23)20(2)33-15-8-11-27(38(33,36)37)22-9-6-5-7-10-22/h5-7,9-10,12-13,18,20,26-27H,4,8,11,14-17,19H2,1-3H3,(H,30,35)/t20?,26-,27?/m0/s1. The van der Waals surface area contributed by atoms with Gasteiger partial charge in [0.05, 0.1) is 0 Å². The van der Waals surface area contributed by atoms with Crippen LogP contribution in [0.2, 0.25) is 0 Å². The number of nitrogens with one attached hydrogen (secondary N) is 1. The molecule has 2 aliphatic heterocycles. The van der Waals surface area contributed by atoms with Gasteiger partial charge in [-0.2, -0.15) is 4.31 Å². The molecule has 0 aromatic heterocycles. The van der Waals surface area contributed by atoms with Crippen molar-refractivity contribution >= 4 is 27.5 Å². The SMILES string of the molecule is CCCNC(=O)[C@@H]1CN(c2ccc(C(C)N3CCCC(c4ccccc4)S3(=O)=O)c(F)c2)CCN1C(C)=O. The minimum absolute atomic E-state index is 0.173. The van der Waals surface area contributed by atoms with Crippen LogP contribution in [0, 0.1) is 5.82 Å². The minimum Gasteiger partial charge on any atom is -0.367 e. The number of hydrogen-bond acceptors (Lipinski definition) is 5. The van der Waals surface area contributed by atoms with Crippen molar-refractivity contribution in [1.29, 1.82) is 0 Å². The van der Waals surface area contributed by atoms with Crippen LogP contribution in [0.3, 0.4) is 0 Å². The van der Waals surface area contributed by atoms with E-state index in [0.29, 0.717) is 50.3 Å². The van der Waals surface area contributed by atoms with Gasteiger partial charge in [-0.15, -0.1) is 0 Å². The molecule has 0 spiro atoms. The lowest BCUT2D eigenvalue weighted by atomic mass is 10.0. The monoisotopic (exact) mass is 544 g/mol. The van der Waals surface area contributed by atoms with Crippen molar-refractivity contribution in [3.63, 3.8) is 0 Å². The Hall–Kier alpha value is -2.98. The second-order valence-electron chi connectivity index (χ2n) is 10.0. The molecule has 2 aromatic rings. The van der Waals surface area contributed by atoms with Crippen LogP contribution in [0.1, 0.15) is 62.5 Å². The van der Waals surface area contributed by atoms with Gasteiger partial charge in [0.25, 0.3) is 0 Å². The minimum atomic E-state index is -3.68. The van der Waals surface area contributed by atoms with Gasteiger partial charge in [-0.25, -0.2) is 12.8 Å². The first kappa shape index (κ1) is 28.0. The van der Waals surface area contributed by atoms with E-state index in [1.165, 1.54) is 17.3 Å². The fourth-order valence-electron chi connectivity index (χ4n) is 5.48. The van der Waals surface area contributed by atoms with Crippen molar-refractivity contribution in [3.05, 3.63) is 65.5 Å². The van der Waals surface area contributed by atoms with Crippen LogP contribution < -0.4 is 10.2 Å². The highest BCUT2D eigenvalue weighted by molar-refractivity contribution is 7.89. The molecule has 2 aliphatic rings. The molecule has 2 unspecified atom stereocenters. The summed E-state index contributed by atoms with van der Waals surface area (Å²) in [6.45, 7) is 7.06. The molecule has 2 aromatic carbocycles. The summed E-state index contributed by atoms with van der Waals surface area (Å²) >= 11 is 0. The van der Waals surface area contributed by atoms with Gasteiger partial charge >= 0.3 is 0 Å². The van der Waals surface area contributed by atoms with Gasteiger partial charge in [0.15, 0.2) is 0 Å². The highest BCUT2D eigenvalue weighted by atomic mass is 32.2. The normalized spacial score (nSPS) is 22.6. The molecule has 1 N–H and O–H groups in total. The zero-order chi connectivity index (χ0) is 27.4. The Morgan fingerprint density at radius 2 is 1.84 bits per heavy atom. The molecular weight excluding hydrogens is 507 g/mol. The van der Waals surface area contributed by atoms with Crippen LogP contribution in [0.15, 0.2) is 48.5 Å². The molecule has 3 atom stereocenters. The van der Waals surface area contributed by atoms with E-state index < -0.39 is 33.2 Å². The second-order valence-corrected chi connectivity index (χ2v) is 12.1. The lowest BCUT2D eigenvalue weighted by Gasteiger charge is -2.41. The van der Waals surface area contributed by atoms with Gasteiger partial charge < -0.3 is 15.1 Å². The van der Waals surface area contributed by atoms with Gasteiger partial charge in [0.2, 0.25) is 21.8 Å². The maximum Gasteiger partial charge on any atom is 0.244 e. The zero-order valence-electron chi connectivity index (χ0n) is 22.3. The first-order valence-electron chi connectivity index (χ1n) is 13.3. The molecule has 0 bridgehead atoms. The van der Waals surface area contributed by atoms with Crippen LogP contribution in [0.4, 0.5) is 10.1 Å². The fraction of sp³-hybridized carbons (Fsp3) is 0.500. The maximum absolute atomic E-state index is 15.5. The van der Waals surface area contributed by atoms with Crippen molar-refractivity contribution in [3.8, 4) is 0 Å². The summed E-state index contributed by atoms with van der Waals surface area (Å²) in [4.78, 5) is 28.3. The Kier molecular flexibility index (Phi) is 8.72. The predicted molar refractivity (Wildman–Crippen MR) is 146 cm³/mol. The molecule has 2 heterocycles. The van der Waals surface area contributed by atoms with Crippen LogP contribution in [0.25, 0.3) is 0 Å². The molecule has 38 heavy (non-hydrogen) atoms.